The van der Waals surface area contributed by atoms with E-state index >= 15 is 0 Å². The van der Waals surface area contributed by atoms with E-state index in [0.29, 0.717) is 29.4 Å². The SMILES string of the molecule is CCCC1(CNCc2cc(Cl)c3c(c2)OCCO3)CC1. The second kappa shape index (κ2) is 5.82. The summed E-state index contributed by atoms with van der Waals surface area (Å²) < 4.78 is 11.1. The van der Waals surface area contributed by atoms with E-state index in [2.05, 4.69) is 12.2 Å². The minimum Gasteiger partial charge on any atom is -0.486 e. The number of ether oxygens (including phenoxy) is 2. The van der Waals surface area contributed by atoms with E-state index in [-0.39, 0.29) is 0 Å². The number of hydrogen-bond donors (Lipinski definition) is 1. The Morgan fingerprint density at radius 2 is 2.05 bits per heavy atom. The van der Waals surface area contributed by atoms with Crippen LogP contribution in [0.2, 0.25) is 5.02 Å². The molecule has 0 radical (unpaired) electrons. The minimum atomic E-state index is 0.573. The smallest absolute Gasteiger partial charge is 0.179 e. The Morgan fingerprint density at radius 3 is 2.80 bits per heavy atom. The van der Waals surface area contributed by atoms with Crippen molar-refractivity contribution in [3.63, 3.8) is 0 Å². The van der Waals surface area contributed by atoms with Gasteiger partial charge in [0.2, 0.25) is 0 Å². The van der Waals surface area contributed by atoms with Gasteiger partial charge in [0.1, 0.15) is 13.2 Å². The van der Waals surface area contributed by atoms with Crippen LogP contribution in [0.4, 0.5) is 0 Å². The molecule has 3 nitrogen and oxygen atoms in total. The van der Waals surface area contributed by atoms with Crippen LogP contribution in [0, 0.1) is 5.41 Å². The molecule has 1 saturated carbocycles. The number of nitrogens with one attached hydrogen (secondary N) is 1. The van der Waals surface area contributed by atoms with Crippen LogP contribution < -0.4 is 14.8 Å². The molecule has 1 aromatic carbocycles. The highest BCUT2D eigenvalue weighted by Gasteiger charge is 2.40. The molecule has 1 aliphatic heterocycles. The van der Waals surface area contributed by atoms with Gasteiger partial charge in [-0.05, 0) is 42.4 Å². The van der Waals surface area contributed by atoms with Crippen LogP contribution in [0.25, 0.3) is 0 Å². The maximum absolute atomic E-state index is 6.25. The third-order valence-electron chi connectivity index (χ3n) is 4.22. The Labute approximate surface area is 125 Å². The summed E-state index contributed by atoms with van der Waals surface area (Å²) in [5.41, 5.74) is 1.73. The summed E-state index contributed by atoms with van der Waals surface area (Å²) in [4.78, 5) is 0. The number of hydrogen-bond acceptors (Lipinski definition) is 3. The van der Waals surface area contributed by atoms with Crippen molar-refractivity contribution in [2.75, 3.05) is 19.8 Å². The molecule has 0 atom stereocenters. The molecule has 1 N–H and O–H groups in total. The minimum absolute atomic E-state index is 0.573. The summed E-state index contributed by atoms with van der Waals surface area (Å²) in [5.74, 6) is 1.46. The van der Waals surface area contributed by atoms with Gasteiger partial charge in [-0.15, -0.1) is 0 Å². The van der Waals surface area contributed by atoms with Crippen molar-refractivity contribution < 1.29 is 9.47 Å². The average Bonchev–Trinajstić information content (AvgIpc) is 3.19. The van der Waals surface area contributed by atoms with Gasteiger partial charge in [-0.2, -0.15) is 0 Å². The Morgan fingerprint density at radius 1 is 1.25 bits per heavy atom. The van der Waals surface area contributed by atoms with Crippen LogP contribution in [0.5, 0.6) is 11.5 Å². The summed E-state index contributed by atoms with van der Waals surface area (Å²) in [6, 6.07) is 4.01. The van der Waals surface area contributed by atoms with Crippen molar-refractivity contribution in [3.8, 4) is 11.5 Å². The molecule has 110 valence electrons. The summed E-state index contributed by atoms with van der Waals surface area (Å²) in [6.45, 7) is 5.37. The van der Waals surface area contributed by atoms with Crippen molar-refractivity contribution in [3.05, 3.63) is 22.7 Å². The molecule has 1 fully saturated rings. The zero-order valence-electron chi connectivity index (χ0n) is 12.0. The predicted molar refractivity (Wildman–Crippen MR) is 80.7 cm³/mol. The highest BCUT2D eigenvalue weighted by Crippen LogP contribution is 2.49. The van der Waals surface area contributed by atoms with Crippen LogP contribution in [0.15, 0.2) is 12.1 Å². The fraction of sp³-hybridized carbons (Fsp3) is 0.625. The summed E-state index contributed by atoms with van der Waals surface area (Å²) in [5, 5.41) is 4.22. The Bertz CT molecular complexity index is 486. The van der Waals surface area contributed by atoms with Gasteiger partial charge in [0.15, 0.2) is 11.5 Å². The van der Waals surface area contributed by atoms with Crippen LogP contribution in [0.3, 0.4) is 0 Å². The third kappa shape index (κ3) is 3.04. The van der Waals surface area contributed by atoms with Gasteiger partial charge >= 0.3 is 0 Å². The second-order valence-electron chi connectivity index (χ2n) is 5.96. The van der Waals surface area contributed by atoms with Crippen molar-refractivity contribution >= 4 is 11.6 Å². The lowest BCUT2D eigenvalue weighted by molar-refractivity contribution is 0.171. The van der Waals surface area contributed by atoms with Gasteiger partial charge in [-0.25, -0.2) is 0 Å². The molecule has 1 aromatic rings. The molecular weight excluding hydrogens is 274 g/mol. The van der Waals surface area contributed by atoms with Crippen LogP contribution in [-0.2, 0) is 6.54 Å². The number of halogens is 1. The maximum Gasteiger partial charge on any atom is 0.179 e. The van der Waals surface area contributed by atoms with Gasteiger partial charge in [0.25, 0.3) is 0 Å². The van der Waals surface area contributed by atoms with E-state index in [0.717, 1.165) is 24.4 Å². The molecule has 3 rings (SSSR count). The monoisotopic (exact) mass is 295 g/mol. The fourth-order valence-corrected chi connectivity index (χ4v) is 3.25. The van der Waals surface area contributed by atoms with E-state index in [1.54, 1.807) is 0 Å². The first-order valence-corrected chi connectivity index (χ1v) is 7.89. The normalized spacial score (nSPS) is 18.9. The lowest BCUT2D eigenvalue weighted by Crippen LogP contribution is -2.23. The molecule has 0 spiro atoms. The van der Waals surface area contributed by atoms with Gasteiger partial charge in [0, 0.05) is 13.1 Å². The molecule has 0 aromatic heterocycles. The van der Waals surface area contributed by atoms with Crippen LogP contribution in [0.1, 0.15) is 38.2 Å². The largest absolute Gasteiger partial charge is 0.486 e. The van der Waals surface area contributed by atoms with Gasteiger partial charge in [-0.1, -0.05) is 24.9 Å². The first-order valence-electron chi connectivity index (χ1n) is 7.51. The third-order valence-corrected chi connectivity index (χ3v) is 4.50. The number of benzene rings is 1. The lowest BCUT2D eigenvalue weighted by Gasteiger charge is -2.21. The summed E-state index contributed by atoms with van der Waals surface area (Å²) in [7, 11) is 0. The Hall–Kier alpha value is -0.930. The zero-order valence-corrected chi connectivity index (χ0v) is 12.8. The number of rotatable bonds is 6. The summed E-state index contributed by atoms with van der Waals surface area (Å²) >= 11 is 6.25. The van der Waals surface area contributed by atoms with Crippen molar-refractivity contribution in [2.24, 2.45) is 5.41 Å². The first-order chi connectivity index (χ1) is 9.72. The topological polar surface area (TPSA) is 30.5 Å². The standard InChI is InChI=1S/C16H22ClNO2/c1-2-3-16(4-5-16)11-18-10-12-8-13(17)15-14(9-12)19-6-7-20-15/h8-9,18H,2-7,10-11H2,1H3. The van der Waals surface area contributed by atoms with Crippen molar-refractivity contribution in [2.45, 2.75) is 39.2 Å². The van der Waals surface area contributed by atoms with Gasteiger partial charge in [0.05, 0.1) is 5.02 Å². The van der Waals surface area contributed by atoms with Crippen LogP contribution >= 0.6 is 11.6 Å². The first kappa shape index (κ1) is 14.0. The molecular formula is C16H22ClNO2. The molecule has 0 saturated heterocycles. The molecule has 0 amide bonds. The van der Waals surface area contributed by atoms with Crippen molar-refractivity contribution in [1.82, 2.24) is 5.32 Å². The summed E-state index contributed by atoms with van der Waals surface area (Å²) in [6.07, 6.45) is 5.35. The van der Waals surface area contributed by atoms with E-state index < -0.39 is 0 Å². The maximum atomic E-state index is 6.25. The quantitative estimate of drug-likeness (QED) is 0.866. The Kier molecular flexibility index (Phi) is 4.08. The molecule has 1 heterocycles. The highest BCUT2D eigenvalue weighted by molar-refractivity contribution is 6.32. The molecule has 2 aliphatic rings. The van der Waals surface area contributed by atoms with Gasteiger partial charge < -0.3 is 14.8 Å². The van der Waals surface area contributed by atoms with E-state index in [1.807, 2.05) is 12.1 Å². The Balaban J connectivity index is 1.59. The van der Waals surface area contributed by atoms with Crippen LogP contribution in [-0.4, -0.2) is 19.8 Å². The molecule has 0 unspecified atom stereocenters. The molecule has 20 heavy (non-hydrogen) atoms. The molecule has 0 bridgehead atoms. The molecule has 1 aliphatic carbocycles. The fourth-order valence-electron chi connectivity index (χ4n) is 2.96. The highest BCUT2D eigenvalue weighted by atomic mass is 35.5. The zero-order chi connectivity index (χ0) is 14.0. The van der Waals surface area contributed by atoms with E-state index in [4.69, 9.17) is 21.1 Å². The van der Waals surface area contributed by atoms with Gasteiger partial charge in [-0.3, -0.25) is 0 Å². The average molecular weight is 296 g/mol. The predicted octanol–water partition coefficient (Wildman–Crippen LogP) is 3.78. The second-order valence-corrected chi connectivity index (χ2v) is 6.36. The van der Waals surface area contributed by atoms with E-state index in [1.165, 1.54) is 25.7 Å². The van der Waals surface area contributed by atoms with Crippen molar-refractivity contribution in [1.29, 1.82) is 0 Å². The number of fused-ring (bicyclic) bond motifs is 1. The van der Waals surface area contributed by atoms with E-state index in [9.17, 15) is 0 Å². The lowest BCUT2D eigenvalue weighted by atomic mass is 10.0. The molecule has 4 heteroatoms.